The normalized spacial score (nSPS) is 13.5. The molecule has 72 valence electrons. The van der Waals surface area contributed by atoms with E-state index in [1.807, 2.05) is 41.5 Å². The van der Waals surface area contributed by atoms with Crippen LogP contribution in [0.5, 0.6) is 0 Å². The molecule has 0 fully saturated rings. The van der Waals surface area contributed by atoms with Crippen LogP contribution in [0.4, 0.5) is 0 Å². The van der Waals surface area contributed by atoms with Gasteiger partial charge in [-0.3, -0.25) is 0 Å². The van der Waals surface area contributed by atoms with Crippen LogP contribution in [0.25, 0.3) is 0 Å². The molecule has 12 heavy (non-hydrogen) atoms. The Kier molecular flexibility index (Phi) is 3.62. The van der Waals surface area contributed by atoms with Gasteiger partial charge in [0, 0.05) is 0 Å². The van der Waals surface area contributed by atoms with Gasteiger partial charge in [-0.2, -0.15) is 0 Å². The van der Waals surface area contributed by atoms with Crippen molar-refractivity contribution in [1.29, 1.82) is 0 Å². The molecule has 0 aliphatic carbocycles. The molecule has 0 unspecified atom stereocenters. The zero-order valence-electron chi connectivity index (χ0n) is 8.97. The van der Waals surface area contributed by atoms with Gasteiger partial charge in [-0.15, -0.1) is 0 Å². The zero-order chi connectivity index (χ0) is 9.83. The first-order valence-corrected chi connectivity index (χ1v) is 4.21. The van der Waals surface area contributed by atoms with E-state index in [9.17, 15) is 0 Å². The standard InChI is InChI=1S/C10H20O2/c1-9(2,3)11-7-8-12-10(4,5)6/h7-8H,1-6H3/b8-7-. The van der Waals surface area contributed by atoms with Crippen molar-refractivity contribution in [3.05, 3.63) is 12.5 Å². The fourth-order valence-electron chi connectivity index (χ4n) is 0.464. The quantitative estimate of drug-likeness (QED) is 0.596. The summed E-state index contributed by atoms with van der Waals surface area (Å²) in [7, 11) is 0. The predicted octanol–water partition coefficient (Wildman–Crippen LogP) is 3.09. The van der Waals surface area contributed by atoms with Crippen molar-refractivity contribution < 1.29 is 9.47 Å². The van der Waals surface area contributed by atoms with Crippen molar-refractivity contribution in [3.8, 4) is 0 Å². The topological polar surface area (TPSA) is 18.5 Å². The molecule has 0 saturated heterocycles. The molecule has 0 amide bonds. The van der Waals surface area contributed by atoms with E-state index in [2.05, 4.69) is 0 Å². The first-order valence-electron chi connectivity index (χ1n) is 4.21. The minimum atomic E-state index is -0.141. The monoisotopic (exact) mass is 172 g/mol. The van der Waals surface area contributed by atoms with Crippen molar-refractivity contribution in [2.24, 2.45) is 0 Å². The molecular formula is C10H20O2. The van der Waals surface area contributed by atoms with Crippen molar-refractivity contribution >= 4 is 0 Å². The lowest BCUT2D eigenvalue weighted by atomic mass is 10.2. The summed E-state index contributed by atoms with van der Waals surface area (Å²) in [5.74, 6) is 0. The molecule has 0 aromatic rings. The van der Waals surface area contributed by atoms with E-state index in [0.29, 0.717) is 0 Å². The van der Waals surface area contributed by atoms with Gasteiger partial charge in [-0.05, 0) is 41.5 Å². The number of hydrogen-bond donors (Lipinski definition) is 0. The van der Waals surface area contributed by atoms with E-state index < -0.39 is 0 Å². The SMILES string of the molecule is CC(C)(C)O/C=C\OC(C)(C)C. The lowest BCUT2D eigenvalue weighted by Crippen LogP contribution is -2.17. The van der Waals surface area contributed by atoms with Gasteiger partial charge >= 0.3 is 0 Å². The second-order valence-corrected chi connectivity index (χ2v) is 4.73. The van der Waals surface area contributed by atoms with Crippen molar-refractivity contribution in [1.82, 2.24) is 0 Å². The van der Waals surface area contributed by atoms with E-state index in [-0.39, 0.29) is 11.2 Å². The van der Waals surface area contributed by atoms with E-state index in [0.717, 1.165) is 0 Å². The maximum absolute atomic E-state index is 5.32. The minimum Gasteiger partial charge on any atom is -0.493 e. The molecule has 0 spiro atoms. The summed E-state index contributed by atoms with van der Waals surface area (Å²) in [4.78, 5) is 0. The highest BCUT2D eigenvalue weighted by Gasteiger charge is 2.09. The molecule has 0 bridgehead atoms. The van der Waals surface area contributed by atoms with Gasteiger partial charge in [0.1, 0.15) is 12.5 Å². The molecule has 0 radical (unpaired) electrons. The van der Waals surface area contributed by atoms with Crippen LogP contribution in [0.2, 0.25) is 0 Å². The molecule has 0 atom stereocenters. The molecule has 0 aromatic heterocycles. The third-order valence-electron chi connectivity index (χ3n) is 0.899. The molecule has 0 aliphatic rings. The van der Waals surface area contributed by atoms with E-state index in [1.54, 1.807) is 12.5 Å². The van der Waals surface area contributed by atoms with Crippen LogP contribution in [0.3, 0.4) is 0 Å². The average Bonchev–Trinajstić information content (AvgIpc) is 1.76. The molecular weight excluding hydrogens is 152 g/mol. The van der Waals surface area contributed by atoms with Gasteiger partial charge in [-0.25, -0.2) is 0 Å². The van der Waals surface area contributed by atoms with E-state index in [4.69, 9.17) is 9.47 Å². The molecule has 0 saturated carbocycles. The summed E-state index contributed by atoms with van der Waals surface area (Å²) in [6, 6.07) is 0. The maximum atomic E-state index is 5.32. The first kappa shape index (κ1) is 11.3. The predicted molar refractivity (Wildman–Crippen MR) is 50.8 cm³/mol. The summed E-state index contributed by atoms with van der Waals surface area (Å²) in [6.07, 6.45) is 3.18. The third-order valence-corrected chi connectivity index (χ3v) is 0.899. The van der Waals surface area contributed by atoms with Crippen molar-refractivity contribution in [2.75, 3.05) is 0 Å². The summed E-state index contributed by atoms with van der Waals surface area (Å²) in [5.41, 5.74) is -0.282. The van der Waals surface area contributed by atoms with Gasteiger partial charge in [0.2, 0.25) is 0 Å². The number of hydrogen-bond acceptors (Lipinski definition) is 2. The number of ether oxygens (including phenoxy) is 2. The molecule has 0 aromatic carbocycles. The Labute approximate surface area is 75.6 Å². The lowest BCUT2D eigenvalue weighted by molar-refractivity contribution is 0.0433. The summed E-state index contributed by atoms with van der Waals surface area (Å²) < 4.78 is 10.6. The summed E-state index contributed by atoms with van der Waals surface area (Å²) in [5, 5.41) is 0. The van der Waals surface area contributed by atoms with Crippen LogP contribution >= 0.6 is 0 Å². The second-order valence-electron chi connectivity index (χ2n) is 4.73. The van der Waals surface area contributed by atoms with E-state index >= 15 is 0 Å². The van der Waals surface area contributed by atoms with Crippen molar-refractivity contribution in [2.45, 2.75) is 52.7 Å². The van der Waals surface area contributed by atoms with Crippen LogP contribution in [-0.4, -0.2) is 11.2 Å². The van der Waals surface area contributed by atoms with Crippen LogP contribution in [-0.2, 0) is 9.47 Å². The van der Waals surface area contributed by atoms with Gasteiger partial charge in [-0.1, -0.05) is 0 Å². The van der Waals surface area contributed by atoms with Gasteiger partial charge in [0.15, 0.2) is 0 Å². The van der Waals surface area contributed by atoms with Gasteiger partial charge < -0.3 is 9.47 Å². The zero-order valence-corrected chi connectivity index (χ0v) is 8.97. The van der Waals surface area contributed by atoms with Crippen LogP contribution in [0.1, 0.15) is 41.5 Å². The average molecular weight is 172 g/mol. The minimum absolute atomic E-state index is 0.141. The van der Waals surface area contributed by atoms with Gasteiger partial charge in [0.05, 0.1) is 11.2 Å². The van der Waals surface area contributed by atoms with Crippen molar-refractivity contribution in [3.63, 3.8) is 0 Å². The first-order chi connectivity index (χ1) is 5.21. The maximum Gasteiger partial charge on any atom is 0.118 e. The highest BCUT2D eigenvalue weighted by molar-refractivity contribution is 4.72. The Balaban J connectivity index is 3.66. The molecule has 0 heterocycles. The Hall–Kier alpha value is -0.660. The van der Waals surface area contributed by atoms with Gasteiger partial charge in [0.25, 0.3) is 0 Å². The highest BCUT2D eigenvalue weighted by atomic mass is 16.5. The van der Waals surface area contributed by atoms with Crippen LogP contribution < -0.4 is 0 Å². The van der Waals surface area contributed by atoms with Crippen LogP contribution in [0.15, 0.2) is 12.5 Å². The largest absolute Gasteiger partial charge is 0.493 e. The molecule has 0 aliphatic heterocycles. The fraction of sp³-hybridized carbons (Fsp3) is 0.800. The summed E-state index contributed by atoms with van der Waals surface area (Å²) >= 11 is 0. The number of rotatable bonds is 2. The Morgan fingerprint density at radius 1 is 0.667 bits per heavy atom. The Morgan fingerprint density at radius 2 is 0.917 bits per heavy atom. The molecule has 2 nitrogen and oxygen atoms in total. The summed E-state index contributed by atoms with van der Waals surface area (Å²) in [6.45, 7) is 12.0. The third kappa shape index (κ3) is 9.34. The second kappa shape index (κ2) is 3.83. The fourth-order valence-corrected chi connectivity index (χ4v) is 0.464. The van der Waals surface area contributed by atoms with E-state index in [1.165, 1.54) is 0 Å². The Morgan fingerprint density at radius 3 is 1.08 bits per heavy atom. The smallest absolute Gasteiger partial charge is 0.118 e. The van der Waals surface area contributed by atoms with Crippen LogP contribution in [0, 0.1) is 0 Å². The lowest BCUT2D eigenvalue weighted by Gasteiger charge is -2.20. The Bertz CT molecular complexity index is 128. The molecule has 0 N–H and O–H groups in total. The molecule has 0 rings (SSSR count). The highest BCUT2D eigenvalue weighted by Crippen LogP contribution is 2.09. The molecule has 2 heteroatoms.